The van der Waals surface area contributed by atoms with E-state index in [2.05, 4.69) is 5.32 Å². The van der Waals surface area contributed by atoms with Gasteiger partial charge in [0.15, 0.2) is 0 Å². The topological polar surface area (TPSA) is 132 Å². The highest BCUT2D eigenvalue weighted by Crippen LogP contribution is 2.41. The predicted octanol–water partition coefficient (Wildman–Crippen LogP) is 5.75. The summed E-state index contributed by atoms with van der Waals surface area (Å²) in [6, 6.07) is 14.6. The maximum Gasteiger partial charge on any atom is 0.341 e. The third kappa shape index (κ3) is 5.95. The van der Waals surface area contributed by atoms with Crippen LogP contribution in [-0.4, -0.2) is 30.0 Å². The first-order valence-electron chi connectivity index (χ1n) is 11.0. The molecule has 0 saturated carbocycles. The summed E-state index contributed by atoms with van der Waals surface area (Å²) in [4.78, 5) is 37.1. The molecule has 0 aliphatic carbocycles. The Bertz CT molecular complexity index is 1350. The van der Waals surface area contributed by atoms with Crippen molar-refractivity contribution >= 4 is 40.0 Å². The Morgan fingerprint density at radius 1 is 1.11 bits per heavy atom. The molecule has 0 spiro atoms. The van der Waals surface area contributed by atoms with Gasteiger partial charge in [-0.25, -0.2) is 4.79 Å². The number of carbonyl (C=O) groups excluding carboxylic acids is 2. The van der Waals surface area contributed by atoms with E-state index in [1.807, 2.05) is 13.0 Å². The maximum absolute atomic E-state index is 13.0. The second-order valence-electron chi connectivity index (χ2n) is 7.39. The molecule has 10 heteroatoms. The molecule has 2 aromatic carbocycles. The van der Waals surface area contributed by atoms with E-state index in [4.69, 9.17) is 9.47 Å². The summed E-state index contributed by atoms with van der Waals surface area (Å²) in [5, 5.41) is 23.5. The Labute approximate surface area is 211 Å². The molecule has 0 saturated heterocycles. The van der Waals surface area contributed by atoms with Gasteiger partial charge in [0.25, 0.3) is 11.6 Å². The third-order valence-corrected chi connectivity index (χ3v) is 6.05. The van der Waals surface area contributed by atoms with E-state index < -0.39 is 16.8 Å². The maximum atomic E-state index is 13.0. The van der Waals surface area contributed by atoms with Gasteiger partial charge in [0, 0.05) is 22.6 Å². The second-order valence-corrected chi connectivity index (χ2v) is 8.61. The van der Waals surface area contributed by atoms with Crippen molar-refractivity contribution in [3.8, 4) is 22.9 Å². The number of rotatable bonds is 9. The van der Waals surface area contributed by atoms with E-state index in [0.717, 1.165) is 11.3 Å². The minimum absolute atomic E-state index is 0.0871. The lowest BCUT2D eigenvalue weighted by Crippen LogP contribution is -2.16. The minimum atomic E-state index is -0.687. The number of amides is 1. The lowest BCUT2D eigenvalue weighted by atomic mass is 10.0. The average Bonchev–Trinajstić information content (AvgIpc) is 3.19. The van der Waals surface area contributed by atoms with E-state index >= 15 is 0 Å². The Kier molecular flexibility index (Phi) is 8.54. The highest BCUT2D eigenvalue weighted by Gasteiger charge is 2.26. The van der Waals surface area contributed by atoms with Gasteiger partial charge in [0.2, 0.25) is 0 Å². The first-order valence-corrected chi connectivity index (χ1v) is 11.8. The third-order valence-electron chi connectivity index (χ3n) is 5.02. The van der Waals surface area contributed by atoms with E-state index in [1.165, 1.54) is 30.3 Å². The van der Waals surface area contributed by atoms with Crippen LogP contribution in [0, 0.1) is 28.4 Å². The van der Waals surface area contributed by atoms with Crippen molar-refractivity contribution in [1.82, 2.24) is 0 Å². The highest BCUT2D eigenvalue weighted by atomic mass is 32.1. The smallest absolute Gasteiger partial charge is 0.341 e. The summed E-state index contributed by atoms with van der Waals surface area (Å²) in [5.74, 6) is -0.669. The van der Waals surface area contributed by atoms with Gasteiger partial charge in [-0.1, -0.05) is 12.1 Å². The van der Waals surface area contributed by atoms with Crippen LogP contribution in [0.2, 0.25) is 0 Å². The number of benzene rings is 2. The molecule has 1 N–H and O–H groups in total. The standard InChI is InChI=1S/C26H23N3O6S/c1-4-34-21-12-6-17(7-13-21)14-19(15-27)24(30)28-25-23(26(31)35-5-2)22(16(3)36-25)18-8-10-20(11-9-18)29(32)33/h6-14H,4-5H2,1-3H3,(H,28,30)/b19-14+. The van der Waals surface area contributed by atoms with Crippen LogP contribution < -0.4 is 10.1 Å². The summed E-state index contributed by atoms with van der Waals surface area (Å²) in [7, 11) is 0. The molecule has 0 radical (unpaired) electrons. The van der Waals surface area contributed by atoms with E-state index in [1.54, 1.807) is 38.1 Å². The van der Waals surface area contributed by atoms with Crippen LogP contribution in [0.15, 0.2) is 54.1 Å². The van der Waals surface area contributed by atoms with Crippen LogP contribution in [0.25, 0.3) is 17.2 Å². The number of nitrogens with one attached hydrogen (secondary N) is 1. The molecule has 0 fully saturated rings. The molecule has 3 aromatic rings. The Balaban J connectivity index is 1.97. The average molecular weight is 506 g/mol. The lowest BCUT2D eigenvalue weighted by Gasteiger charge is -2.09. The SMILES string of the molecule is CCOC(=O)c1c(NC(=O)/C(C#N)=C/c2ccc(OCC)cc2)sc(C)c1-c1ccc([N+](=O)[O-])cc1. The number of hydrogen-bond donors (Lipinski definition) is 1. The van der Waals surface area contributed by atoms with Gasteiger partial charge in [0.05, 0.1) is 18.1 Å². The zero-order valence-electron chi connectivity index (χ0n) is 19.9. The molecule has 1 heterocycles. The predicted molar refractivity (Wildman–Crippen MR) is 137 cm³/mol. The molecule has 0 atom stereocenters. The van der Waals surface area contributed by atoms with Crippen molar-refractivity contribution in [2.75, 3.05) is 18.5 Å². The second kappa shape index (κ2) is 11.8. The number of ether oxygens (including phenoxy) is 2. The largest absolute Gasteiger partial charge is 0.494 e. The van der Waals surface area contributed by atoms with Crippen molar-refractivity contribution < 1.29 is 24.0 Å². The number of nitro groups is 1. The van der Waals surface area contributed by atoms with Gasteiger partial charge >= 0.3 is 5.97 Å². The molecular formula is C26H23N3O6S. The number of hydrogen-bond acceptors (Lipinski definition) is 8. The summed E-state index contributed by atoms with van der Waals surface area (Å²) in [6.07, 6.45) is 1.44. The normalized spacial score (nSPS) is 10.9. The number of non-ortho nitro benzene ring substituents is 1. The van der Waals surface area contributed by atoms with Crippen LogP contribution in [0.5, 0.6) is 5.75 Å². The minimum Gasteiger partial charge on any atom is -0.494 e. The monoisotopic (exact) mass is 505 g/mol. The number of nitrogens with zero attached hydrogens (tertiary/aromatic N) is 2. The molecule has 9 nitrogen and oxygen atoms in total. The molecule has 1 amide bonds. The van der Waals surface area contributed by atoms with Gasteiger partial charge in [-0.3, -0.25) is 14.9 Å². The van der Waals surface area contributed by atoms with E-state index in [0.29, 0.717) is 33.9 Å². The molecule has 36 heavy (non-hydrogen) atoms. The quantitative estimate of drug-likeness (QED) is 0.129. The number of esters is 1. The van der Waals surface area contributed by atoms with Crippen LogP contribution in [0.3, 0.4) is 0 Å². The summed E-state index contributed by atoms with van der Waals surface area (Å²) < 4.78 is 10.6. The van der Waals surface area contributed by atoms with Crippen LogP contribution >= 0.6 is 11.3 Å². The lowest BCUT2D eigenvalue weighted by molar-refractivity contribution is -0.384. The first kappa shape index (κ1) is 26.1. The van der Waals surface area contributed by atoms with Crippen molar-refractivity contribution in [3.05, 3.63) is 80.2 Å². The molecule has 1 aromatic heterocycles. The summed E-state index contributed by atoms with van der Waals surface area (Å²) in [6.45, 7) is 5.93. The Morgan fingerprint density at radius 3 is 2.33 bits per heavy atom. The van der Waals surface area contributed by atoms with E-state index in [-0.39, 0.29) is 28.4 Å². The van der Waals surface area contributed by atoms with Gasteiger partial charge in [-0.15, -0.1) is 11.3 Å². The van der Waals surface area contributed by atoms with Crippen molar-refractivity contribution in [2.45, 2.75) is 20.8 Å². The van der Waals surface area contributed by atoms with E-state index in [9.17, 15) is 25.0 Å². The molecule has 0 aliphatic rings. The Hall–Kier alpha value is -4.49. The molecule has 0 unspecified atom stereocenters. The van der Waals surface area contributed by atoms with Gasteiger partial charge in [0.1, 0.15) is 28.0 Å². The zero-order valence-corrected chi connectivity index (χ0v) is 20.7. The van der Waals surface area contributed by atoms with Crippen molar-refractivity contribution in [3.63, 3.8) is 0 Å². The number of aryl methyl sites for hydroxylation is 1. The van der Waals surface area contributed by atoms with Gasteiger partial charge in [-0.05, 0) is 62.2 Å². The van der Waals surface area contributed by atoms with Crippen molar-refractivity contribution in [2.24, 2.45) is 0 Å². The summed E-state index contributed by atoms with van der Waals surface area (Å²) >= 11 is 1.15. The van der Waals surface area contributed by atoms with Crippen molar-refractivity contribution in [1.29, 1.82) is 5.26 Å². The molecule has 184 valence electrons. The fourth-order valence-corrected chi connectivity index (χ4v) is 4.50. The number of nitro benzene ring substituents is 1. The molecular weight excluding hydrogens is 482 g/mol. The summed E-state index contributed by atoms with van der Waals surface area (Å²) in [5.41, 5.74) is 1.57. The number of thiophene rings is 1. The highest BCUT2D eigenvalue weighted by molar-refractivity contribution is 7.17. The van der Waals surface area contributed by atoms with Gasteiger partial charge < -0.3 is 14.8 Å². The molecule has 0 bridgehead atoms. The fraction of sp³-hybridized carbons (Fsp3) is 0.192. The van der Waals surface area contributed by atoms with Crippen LogP contribution in [-0.2, 0) is 9.53 Å². The first-order chi connectivity index (χ1) is 17.3. The zero-order chi connectivity index (χ0) is 26.2. The van der Waals surface area contributed by atoms with Crippen LogP contribution in [0.1, 0.15) is 34.6 Å². The number of nitriles is 1. The molecule has 0 aliphatic heterocycles. The number of carbonyl (C=O) groups is 2. The molecule has 3 rings (SSSR count). The van der Waals surface area contributed by atoms with Gasteiger partial charge in [-0.2, -0.15) is 5.26 Å². The van der Waals surface area contributed by atoms with Crippen LogP contribution in [0.4, 0.5) is 10.7 Å². The fourth-order valence-electron chi connectivity index (χ4n) is 3.44. The Morgan fingerprint density at radius 2 is 1.78 bits per heavy atom. The number of anilines is 1.